The Kier molecular flexibility index (Phi) is 3.53. The van der Waals surface area contributed by atoms with E-state index >= 15 is 0 Å². The maximum Gasteiger partial charge on any atom is 0.304 e. The average Bonchev–Trinajstić information content (AvgIpc) is 2.02. The fourth-order valence-corrected chi connectivity index (χ4v) is 1.74. The summed E-state index contributed by atoms with van der Waals surface area (Å²) in [7, 11) is 0. The van der Waals surface area contributed by atoms with Crippen LogP contribution >= 0.6 is 22.6 Å². The molecular formula is C11H13IO2. The van der Waals surface area contributed by atoms with Crippen LogP contribution < -0.4 is 0 Å². The van der Waals surface area contributed by atoms with Crippen molar-refractivity contribution < 1.29 is 9.90 Å². The van der Waals surface area contributed by atoms with Gasteiger partial charge in [0.15, 0.2) is 0 Å². The van der Waals surface area contributed by atoms with E-state index in [-0.39, 0.29) is 11.8 Å². The Hall–Kier alpha value is -0.580. The number of hydrogen-bond acceptors (Lipinski definition) is 1. The topological polar surface area (TPSA) is 37.3 Å². The molecule has 1 N–H and O–H groups in total. The molecule has 0 aliphatic heterocycles. The molecule has 2 nitrogen and oxygen atoms in total. The van der Waals surface area contributed by atoms with Crippen LogP contribution in [0.15, 0.2) is 24.3 Å². The molecule has 0 saturated heterocycles. The second-order valence-corrected chi connectivity index (χ2v) is 5.21. The third-order valence-electron chi connectivity index (χ3n) is 2.22. The number of aliphatic carboxylic acids is 1. The number of carboxylic acid groups (broad SMARTS) is 1. The smallest absolute Gasteiger partial charge is 0.304 e. The minimum Gasteiger partial charge on any atom is -0.481 e. The minimum absolute atomic E-state index is 0.160. The summed E-state index contributed by atoms with van der Waals surface area (Å²) in [6, 6.07) is 7.98. The highest BCUT2D eigenvalue weighted by Crippen LogP contribution is 2.27. The molecule has 0 heterocycles. The molecular weight excluding hydrogens is 291 g/mol. The summed E-state index contributed by atoms with van der Waals surface area (Å²) < 4.78 is 1.16. The van der Waals surface area contributed by atoms with Gasteiger partial charge in [-0.15, -0.1) is 0 Å². The van der Waals surface area contributed by atoms with E-state index in [9.17, 15) is 4.79 Å². The number of rotatable bonds is 3. The van der Waals surface area contributed by atoms with Crippen molar-refractivity contribution in [2.45, 2.75) is 25.7 Å². The number of benzene rings is 1. The molecule has 1 aromatic rings. The highest BCUT2D eigenvalue weighted by atomic mass is 127. The van der Waals surface area contributed by atoms with Crippen LogP contribution in [0, 0.1) is 3.57 Å². The number of halogens is 1. The van der Waals surface area contributed by atoms with Gasteiger partial charge in [-0.05, 0) is 40.3 Å². The molecule has 0 aliphatic carbocycles. The lowest BCUT2D eigenvalue weighted by molar-refractivity contribution is -0.138. The van der Waals surface area contributed by atoms with E-state index in [0.29, 0.717) is 0 Å². The van der Waals surface area contributed by atoms with E-state index in [1.807, 2.05) is 38.1 Å². The Morgan fingerprint density at radius 1 is 1.36 bits per heavy atom. The molecule has 76 valence electrons. The van der Waals surface area contributed by atoms with Crippen LogP contribution in [0.2, 0.25) is 0 Å². The summed E-state index contributed by atoms with van der Waals surface area (Å²) in [5.74, 6) is -0.756. The lowest BCUT2D eigenvalue weighted by Crippen LogP contribution is -2.21. The number of carboxylic acids is 1. The molecule has 1 aromatic carbocycles. The van der Waals surface area contributed by atoms with Gasteiger partial charge in [0.1, 0.15) is 0 Å². The van der Waals surface area contributed by atoms with Gasteiger partial charge >= 0.3 is 5.97 Å². The molecule has 1 rings (SSSR count). The van der Waals surface area contributed by atoms with Crippen LogP contribution in [0.4, 0.5) is 0 Å². The molecule has 0 aliphatic rings. The average molecular weight is 304 g/mol. The van der Waals surface area contributed by atoms with Crippen molar-refractivity contribution in [1.29, 1.82) is 0 Å². The molecule has 0 spiro atoms. The Bertz CT molecular complexity index is 328. The third-order valence-corrected chi connectivity index (χ3v) is 2.94. The fourth-order valence-electron chi connectivity index (χ4n) is 1.38. The molecule has 0 fully saturated rings. The maximum atomic E-state index is 10.7. The van der Waals surface area contributed by atoms with Crippen molar-refractivity contribution in [2.75, 3.05) is 0 Å². The molecule has 0 saturated carbocycles. The number of hydrogen-bond donors (Lipinski definition) is 1. The lowest BCUT2D eigenvalue weighted by atomic mass is 9.82. The summed E-state index contributed by atoms with van der Waals surface area (Å²) in [4.78, 5) is 10.7. The van der Waals surface area contributed by atoms with Crippen LogP contribution in [-0.2, 0) is 10.2 Å². The van der Waals surface area contributed by atoms with E-state index in [1.165, 1.54) is 0 Å². The standard InChI is InChI=1S/C11H13IO2/c1-11(2,7-10(13)14)8-3-5-9(12)6-4-8/h3-6H,7H2,1-2H3,(H,13,14). The second kappa shape index (κ2) is 4.29. The second-order valence-electron chi connectivity index (χ2n) is 3.96. The first-order valence-corrected chi connectivity index (χ1v) is 5.47. The van der Waals surface area contributed by atoms with Crippen molar-refractivity contribution in [2.24, 2.45) is 0 Å². The van der Waals surface area contributed by atoms with Crippen LogP contribution in [0.1, 0.15) is 25.8 Å². The molecule has 0 amide bonds. The van der Waals surface area contributed by atoms with Gasteiger partial charge in [0, 0.05) is 8.99 Å². The van der Waals surface area contributed by atoms with E-state index < -0.39 is 5.97 Å². The van der Waals surface area contributed by atoms with Crippen LogP contribution in [0.3, 0.4) is 0 Å². The van der Waals surface area contributed by atoms with Gasteiger partial charge in [-0.1, -0.05) is 26.0 Å². The monoisotopic (exact) mass is 304 g/mol. The first-order valence-electron chi connectivity index (χ1n) is 4.40. The first-order chi connectivity index (χ1) is 6.42. The Balaban J connectivity index is 2.91. The Labute approximate surface area is 97.5 Å². The Morgan fingerprint density at radius 3 is 2.29 bits per heavy atom. The molecule has 0 atom stereocenters. The van der Waals surface area contributed by atoms with E-state index in [4.69, 9.17) is 5.11 Å². The maximum absolute atomic E-state index is 10.7. The van der Waals surface area contributed by atoms with Crippen molar-refractivity contribution in [3.8, 4) is 0 Å². The molecule has 0 radical (unpaired) electrons. The van der Waals surface area contributed by atoms with Crippen molar-refractivity contribution in [3.63, 3.8) is 0 Å². The molecule has 0 aromatic heterocycles. The van der Waals surface area contributed by atoms with Crippen molar-refractivity contribution >= 4 is 28.6 Å². The predicted molar refractivity (Wildman–Crippen MR) is 64.4 cm³/mol. The minimum atomic E-state index is -0.756. The van der Waals surface area contributed by atoms with E-state index in [1.54, 1.807) is 0 Å². The van der Waals surface area contributed by atoms with Gasteiger partial charge in [0.05, 0.1) is 6.42 Å². The van der Waals surface area contributed by atoms with Gasteiger partial charge in [-0.3, -0.25) is 4.79 Å². The Morgan fingerprint density at radius 2 is 1.86 bits per heavy atom. The summed E-state index contributed by atoms with van der Waals surface area (Å²) in [6.45, 7) is 3.90. The fraction of sp³-hybridized carbons (Fsp3) is 0.364. The molecule has 3 heteroatoms. The molecule has 0 unspecified atom stereocenters. The summed E-state index contributed by atoms with van der Waals surface area (Å²) in [6.07, 6.45) is 0.160. The zero-order chi connectivity index (χ0) is 10.8. The molecule has 0 bridgehead atoms. The van der Waals surface area contributed by atoms with Crippen molar-refractivity contribution in [1.82, 2.24) is 0 Å². The SMILES string of the molecule is CC(C)(CC(=O)O)c1ccc(I)cc1. The summed E-state index contributed by atoms with van der Waals surface area (Å²) >= 11 is 2.23. The zero-order valence-electron chi connectivity index (χ0n) is 8.25. The van der Waals surface area contributed by atoms with Crippen molar-refractivity contribution in [3.05, 3.63) is 33.4 Å². The summed E-state index contributed by atoms with van der Waals surface area (Å²) in [5, 5.41) is 8.76. The van der Waals surface area contributed by atoms with E-state index in [0.717, 1.165) is 9.13 Å². The van der Waals surface area contributed by atoms with Gasteiger partial charge in [0.25, 0.3) is 0 Å². The zero-order valence-corrected chi connectivity index (χ0v) is 10.4. The van der Waals surface area contributed by atoms with Crippen LogP contribution in [0.25, 0.3) is 0 Å². The highest BCUT2D eigenvalue weighted by molar-refractivity contribution is 14.1. The van der Waals surface area contributed by atoms with Crippen LogP contribution in [-0.4, -0.2) is 11.1 Å². The van der Waals surface area contributed by atoms with Gasteiger partial charge in [0.2, 0.25) is 0 Å². The first kappa shape index (κ1) is 11.5. The van der Waals surface area contributed by atoms with Crippen LogP contribution in [0.5, 0.6) is 0 Å². The van der Waals surface area contributed by atoms with Gasteiger partial charge < -0.3 is 5.11 Å². The normalized spacial score (nSPS) is 11.4. The predicted octanol–water partition coefficient (Wildman–Crippen LogP) is 3.04. The van der Waals surface area contributed by atoms with Gasteiger partial charge in [-0.25, -0.2) is 0 Å². The van der Waals surface area contributed by atoms with Gasteiger partial charge in [-0.2, -0.15) is 0 Å². The lowest BCUT2D eigenvalue weighted by Gasteiger charge is -2.22. The third kappa shape index (κ3) is 2.97. The van der Waals surface area contributed by atoms with E-state index in [2.05, 4.69) is 22.6 Å². The number of carbonyl (C=O) groups is 1. The largest absolute Gasteiger partial charge is 0.481 e. The highest BCUT2D eigenvalue weighted by Gasteiger charge is 2.23. The molecule has 14 heavy (non-hydrogen) atoms. The quantitative estimate of drug-likeness (QED) is 0.872. The summed E-state index contributed by atoms with van der Waals surface area (Å²) in [5.41, 5.74) is 0.774.